The van der Waals surface area contributed by atoms with Crippen LogP contribution in [0.1, 0.15) is 0 Å². The van der Waals surface area contributed by atoms with Crippen LogP contribution >= 0.6 is 22.9 Å². The SMILES string of the molecule is Cn1cnc([N+](=O)[O-])c1N1CCN(S(=O)(=O)c2ccc(Cl)s2)CC1. The summed E-state index contributed by atoms with van der Waals surface area (Å²) in [7, 11) is -1.91. The molecule has 0 aromatic carbocycles. The summed E-state index contributed by atoms with van der Waals surface area (Å²) in [5, 5.41) is 11.1. The molecule has 0 bridgehead atoms. The van der Waals surface area contributed by atoms with E-state index in [-0.39, 0.29) is 23.1 Å². The van der Waals surface area contributed by atoms with Gasteiger partial charge in [-0.25, -0.2) is 8.42 Å². The van der Waals surface area contributed by atoms with Crippen LogP contribution in [-0.2, 0) is 17.1 Å². The molecule has 1 saturated heterocycles. The number of imidazole rings is 1. The van der Waals surface area contributed by atoms with Gasteiger partial charge in [0, 0.05) is 33.2 Å². The number of aryl methyl sites for hydroxylation is 1. The molecule has 9 nitrogen and oxygen atoms in total. The second-order valence-electron chi connectivity index (χ2n) is 5.21. The van der Waals surface area contributed by atoms with Crippen LogP contribution in [0.15, 0.2) is 22.7 Å². The number of rotatable bonds is 4. The van der Waals surface area contributed by atoms with Crippen LogP contribution in [0.25, 0.3) is 0 Å². The predicted octanol–water partition coefficient (Wildman–Crippen LogP) is 1.55. The Bertz CT molecular complexity index is 870. The number of nitrogens with zero attached hydrogens (tertiary/aromatic N) is 5. The predicted molar refractivity (Wildman–Crippen MR) is 90.2 cm³/mol. The standard InChI is InChI=1S/C12H14ClN5O4S2/c1-15-8-14-11(18(19)20)12(15)16-4-6-17(7-5-16)24(21,22)10-3-2-9(13)23-10/h2-3,8H,4-7H2,1H3. The Morgan fingerprint density at radius 1 is 1.29 bits per heavy atom. The minimum atomic E-state index is -3.59. The van der Waals surface area contributed by atoms with Crippen LogP contribution in [0.2, 0.25) is 4.34 Å². The largest absolute Gasteiger partial charge is 0.406 e. The smallest absolute Gasteiger partial charge is 0.358 e. The first-order chi connectivity index (χ1) is 11.3. The summed E-state index contributed by atoms with van der Waals surface area (Å²) >= 11 is 6.83. The number of hydrogen-bond donors (Lipinski definition) is 0. The molecule has 0 amide bonds. The fraction of sp³-hybridized carbons (Fsp3) is 0.417. The number of sulfonamides is 1. The monoisotopic (exact) mass is 391 g/mol. The Labute approximate surface area is 147 Å². The van der Waals surface area contributed by atoms with Gasteiger partial charge in [-0.1, -0.05) is 11.6 Å². The van der Waals surface area contributed by atoms with Crippen molar-refractivity contribution in [3.05, 3.63) is 32.9 Å². The zero-order valence-corrected chi connectivity index (χ0v) is 15.0. The van der Waals surface area contributed by atoms with Crippen LogP contribution in [-0.4, -0.2) is 53.4 Å². The third kappa shape index (κ3) is 2.99. The van der Waals surface area contributed by atoms with Gasteiger partial charge in [-0.2, -0.15) is 4.31 Å². The van der Waals surface area contributed by atoms with E-state index in [1.165, 1.54) is 16.7 Å². The number of nitro groups is 1. The lowest BCUT2D eigenvalue weighted by Crippen LogP contribution is -2.49. The highest BCUT2D eigenvalue weighted by Crippen LogP contribution is 2.30. The van der Waals surface area contributed by atoms with Crippen LogP contribution in [0.4, 0.5) is 11.6 Å². The summed E-state index contributed by atoms with van der Waals surface area (Å²) < 4.78 is 28.7. The van der Waals surface area contributed by atoms with Crippen molar-refractivity contribution in [3.8, 4) is 0 Å². The lowest BCUT2D eigenvalue weighted by Gasteiger charge is -2.34. The van der Waals surface area contributed by atoms with Crippen LogP contribution in [0, 0.1) is 10.1 Å². The van der Waals surface area contributed by atoms with Crippen molar-refractivity contribution in [2.24, 2.45) is 7.05 Å². The van der Waals surface area contributed by atoms with Crippen molar-refractivity contribution in [1.29, 1.82) is 0 Å². The molecule has 0 spiro atoms. The van der Waals surface area contributed by atoms with Crippen LogP contribution in [0.3, 0.4) is 0 Å². The summed E-state index contributed by atoms with van der Waals surface area (Å²) in [6.07, 6.45) is 1.38. The van der Waals surface area contributed by atoms with Crippen molar-refractivity contribution in [2.45, 2.75) is 4.21 Å². The van der Waals surface area contributed by atoms with Gasteiger partial charge in [0.25, 0.3) is 10.0 Å². The van der Waals surface area contributed by atoms with Crippen LogP contribution < -0.4 is 4.90 Å². The minimum Gasteiger partial charge on any atom is -0.358 e. The zero-order valence-electron chi connectivity index (χ0n) is 12.6. The molecule has 1 fully saturated rings. The number of thiophene rings is 1. The maximum atomic E-state index is 12.6. The van der Waals surface area contributed by atoms with E-state index in [0.29, 0.717) is 23.2 Å². The van der Waals surface area contributed by atoms with E-state index < -0.39 is 14.9 Å². The molecule has 0 N–H and O–H groups in total. The van der Waals surface area contributed by atoms with Crippen molar-refractivity contribution in [3.63, 3.8) is 0 Å². The molecule has 1 aliphatic heterocycles. The maximum Gasteiger partial charge on any atom is 0.406 e. The molecule has 3 heterocycles. The molecule has 0 radical (unpaired) electrons. The topological polar surface area (TPSA) is 102 Å². The first-order valence-corrected chi connectivity index (χ1v) is 9.60. The van der Waals surface area contributed by atoms with Crippen molar-refractivity contribution in [1.82, 2.24) is 13.9 Å². The molecule has 0 unspecified atom stereocenters. The first kappa shape index (κ1) is 17.1. The average molecular weight is 392 g/mol. The molecule has 2 aromatic heterocycles. The highest BCUT2D eigenvalue weighted by atomic mass is 35.5. The molecule has 24 heavy (non-hydrogen) atoms. The quantitative estimate of drug-likeness (QED) is 0.579. The molecule has 2 aromatic rings. The fourth-order valence-electron chi connectivity index (χ4n) is 2.61. The Morgan fingerprint density at radius 3 is 2.50 bits per heavy atom. The fourth-order valence-corrected chi connectivity index (χ4v) is 5.67. The summed E-state index contributed by atoms with van der Waals surface area (Å²) in [4.78, 5) is 16.1. The molecule has 130 valence electrons. The van der Waals surface area contributed by atoms with Gasteiger partial charge in [-0.05, 0) is 22.0 Å². The van der Waals surface area contributed by atoms with Gasteiger partial charge >= 0.3 is 5.82 Å². The molecule has 12 heteroatoms. The summed E-state index contributed by atoms with van der Waals surface area (Å²) in [6.45, 7) is 1.16. The average Bonchev–Trinajstić information content (AvgIpc) is 3.14. The second-order valence-corrected chi connectivity index (χ2v) is 9.09. The van der Waals surface area contributed by atoms with Gasteiger partial charge in [-0.15, -0.1) is 11.3 Å². The third-order valence-corrected chi connectivity index (χ3v) is 7.34. The van der Waals surface area contributed by atoms with E-state index in [1.807, 2.05) is 0 Å². The van der Waals surface area contributed by atoms with E-state index in [2.05, 4.69) is 4.98 Å². The molecule has 1 aliphatic rings. The van der Waals surface area contributed by atoms with Gasteiger partial charge in [0.15, 0.2) is 0 Å². The normalized spacial score (nSPS) is 16.5. The Balaban J connectivity index is 1.77. The highest BCUT2D eigenvalue weighted by molar-refractivity contribution is 7.91. The molecule has 0 saturated carbocycles. The molecule has 3 rings (SSSR count). The first-order valence-electron chi connectivity index (χ1n) is 6.97. The van der Waals surface area contributed by atoms with Gasteiger partial charge in [0.05, 0.1) is 4.34 Å². The van der Waals surface area contributed by atoms with Gasteiger partial charge in [-0.3, -0.25) is 4.57 Å². The Hall–Kier alpha value is -1.69. The van der Waals surface area contributed by atoms with Gasteiger partial charge in [0.1, 0.15) is 4.21 Å². The minimum absolute atomic E-state index is 0.201. The molecule has 0 atom stereocenters. The van der Waals surface area contributed by atoms with E-state index >= 15 is 0 Å². The number of halogens is 1. The summed E-state index contributed by atoms with van der Waals surface area (Å²) in [5.74, 6) is 0.162. The van der Waals surface area contributed by atoms with E-state index in [1.54, 1.807) is 22.6 Å². The highest BCUT2D eigenvalue weighted by Gasteiger charge is 2.33. The number of hydrogen-bond acceptors (Lipinski definition) is 7. The maximum absolute atomic E-state index is 12.6. The number of anilines is 1. The van der Waals surface area contributed by atoms with Crippen molar-refractivity contribution in [2.75, 3.05) is 31.1 Å². The summed E-state index contributed by atoms with van der Waals surface area (Å²) in [6, 6.07) is 3.04. The molecular formula is C12H14ClN5O4S2. The Morgan fingerprint density at radius 2 is 1.96 bits per heavy atom. The lowest BCUT2D eigenvalue weighted by molar-refractivity contribution is -0.388. The molecule has 0 aliphatic carbocycles. The second kappa shape index (κ2) is 6.31. The van der Waals surface area contributed by atoms with Crippen molar-refractivity contribution >= 4 is 44.6 Å². The Kier molecular flexibility index (Phi) is 4.51. The van der Waals surface area contributed by atoms with Gasteiger partial charge < -0.3 is 15.0 Å². The summed E-state index contributed by atoms with van der Waals surface area (Å²) in [5.41, 5.74) is 0. The molecular weight excluding hydrogens is 378 g/mol. The van der Waals surface area contributed by atoms with Crippen molar-refractivity contribution < 1.29 is 13.3 Å². The lowest BCUT2D eigenvalue weighted by atomic mass is 10.3. The van der Waals surface area contributed by atoms with E-state index in [0.717, 1.165) is 11.3 Å². The zero-order chi connectivity index (χ0) is 17.5. The van der Waals surface area contributed by atoms with E-state index in [4.69, 9.17) is 11.6 Å². The number of piperazine rings is 1. The third-order valence-electron chi connectivity index (χ3n) is 3.74. The van der Waals surface area contributed by atoms with Gasteiger partial charge in [0.2, 0.25) is 12.1 Å². The number of aromatic nitrogens is 2. The van der Waals surface area contributed by atoms with E-state index in [9.17, 15) is 18.5 Å². The van der Waals surface area contributed by atoms with Crippen LogP contribution in [0.5, 0.6) is 0 Å².